The molecule has 0 saturated carbocycles. The van der Waals surface area contributed by atoms with Crippen molar-refractivity contribution < 1.29 is 13.9 Å². The lowest BCUT2D eigenvalue weighted by atomic mass is 10.1. The SMILES string of the molecule is CC(C)c1c(C(=O)N(C)C)oc2nc(Oc3ccccc3)nn12. The molecule has 0 aliphatic heterocycles. The van der Waals surface area contributed by atoms with Gasteiger partial charge in [-0.2, -0.15) is 4.52 Å². The number of aromatic nitrogens is 3. The minimum absolute atomic E-state index is 0.0430. The van der Waals surface area contributed by atoms with Crippen molar-refractivity contribution in [2.45, 2.75) is 19.8 Å². The number of benzene rings is 1. The molecule has 0 atom stereocenters. The van der Waals surface area contributed by atoms with Crippen LogP contribution in [0.4, 0.5) is 0 Å². The largest absolute Gasteiger partial charge is 0.423 e. The highest BCUT2D eigenvalue weighted by Gasteiger charge is 2.27. The molecule has 0 radical (unpaired) electrons. The van der Waals surface area contributed by atoms with E-state index in [1.807, 2.05) is 44.2 Å². The number of fused-ring (bicyclic) bond motifs is 1. The van der Waals surface area contributed by atoms with Crippen LogP contribution in [-0.4, -0.2) is 39.5 Å². The Morgan fingerprint density at radius 1 is 1.26 bits per heavy atom. The molecule has 3 rings (SSSR count). The zero-order chi connectivity index (χ0) is 16.6. The van der Waals surface area contributed by atoms with Crippen molar-refractivity contribution >= 4 is 11.8 Å². The van der Waals surface area contributed by atoms with Crippen LogP contribution in [-0.2, 0) is 0 Å². The fourth-order valence-corrected chi connectivity index (χ4v) is 2.24. The molecule has 1 amide bonds. The first-order valence-electron chi connectivity index (χ1n) is 7.31. The number of carbonyl (C=O) groups is 1. The summed E-state index contributed by atoms with van der Waals surface area (Å²) in [6.07, 6.45) is 0. The molecular weight excluding hydrogens is 296 g/mol. The second-order valence-electron chi connectivity index (χ2n) is 5.67. The van der Waals surface area contributed by atoms with E-state index in [9.17, 15) is 4.79 Å². The summed E-state index contributed by atoms with van der Waals surface area (Å²) < 4.78 is 12.8. The van der Waals surface area contributed by atoms with Crippen molar-refractivity contribution in [2.24, 2.45) is 0 Å². The Labute approximate surface area is 133 Å². The van der Waals surface area contributed by atoms with Gasteiger partial charge >= 0.3 is 11.9 Å². The Bertz CT molecular complexity index is 834. The molecular formula is C16H18N4O3. The number of para-hydroxylation sites is 1. The highest BCUT2D eigenvalue weighted by atomic mass is 16.5. The number of nitrogens with zero attached hydrogens (tertiary/aromatic N) is 4. The van der Waals surface area contributed by atoms with Gasteiger partial charge in [-0.3, -0.25) is 4.79 Å². The summed E-state index contributed by atoms with van der Waals surface area (Å²) in [4.78, 5) is 17.9. The second-order valence-corrected chi connectivity index (χ2v) is 5.67. The van der Waals surface area contributed by atoms with Crippen LogP contribution < -0.4 is 4.74 Å². The summed E-state index contributed by atoms with van der Waals surface area (Å²) in [6, 6.07) is 9.43. The van der Waals surface area contributed by atoms with Crippen LogP contribution >= 0.6 is 0 Å². The van der Waals surface area contributed by atoms with E-state index < -0.39 is 0 Å². The van der Waals surface area contributed by atoms with Crippen LogP contribution in [0.1, 0.15) is 36.0 Å². The van der Waals surface area contributed by atoms with Gasteiger partial charge in [-0.05, 0) is 18.1 Å². The summed E-state index contributed by atoms with van der Waals surface area (Å²) in [7, 11) is 3.35. The lowest BCUT2D eigenvalue weighted by Crippen LogP contribution is -2.23. The van der Waals surface area contributed by atoms with Gasteiger partial charge in [-0.1, -0.05) is 32.0 Å². The van der Waals surface area contributed by atoms with Gasteiger partial charge in [-0.25, -0.2) is 0 Å². The molecule has 0 unspecified atom stereocenters. The third-order valence-corrected chi connectivity index (χ3v) is 3.31. The Morgan fingerprint density at radius 2 is 1.96 bits per heavy atom. The molecule has 0 N–H and O–H groups in total. The number of carbonyl (C=O) groups excluding carboxylic acids is 1. The van der Waals surface area contributed by atoms with Gasteiger partial charge in [0.15, 0.2) is 0 Å². The Morgan fingerprint density at radius 3 is 2.57 bits per heavy atom. The van der Waals surface area contributed by atoms with Crippen molar-refractivity contribution in [3.8, 4) is 11.8 Å². The van der Waals surface area contributed by atoms with Gasteiger partial charge < -0.3 is 14.1 Å². The Balaban J connectivity index is 2.02. The molecule has 2 aromatic heterocycles. The molecule has 7 nitrogen and oxygen atoms in total. The maximum absolute atomic E-state index is 12.2. The highest BCUT2D eigenvalue weighted by molar-refractivity contribution is 5.92. The lowest BCUT2D eigenvalue weighted by Gasteiger charge is -2.10. The molecule has 0 bridgehead atoms. The van der Waals surface area contributed by atoms with Gasteiger partial charge in [0.25, 0.3) is 5.91 Å². The van der Waals surface area contributed by atoms with Gasteiger partial charge in [-0.15, -0.1) is 10.1 Å². The monoisotopic (exact) mass is 314 g/mol. The third kappa shape index (κ3) is 2.77. The summed E-state index contributed by atoms with van der Waals surface area (Å²) in [6.45, 7) is 3.94. The predicted octanol–water partition coefficient (Wildman–Crippen LogP) is 2.94. The number of amides is 1. The van der Waals surface area contributed by atoms with Crippen molar-refractivity contribution in [1.82, 2.24) is 19.5 Å². The van der Waals surface area contributed by atoms with Crippen molar-refractivity contribution in [1.29, 1.82) is 0 Å². The van der Waals surface area contributed by atoms with Crippen LogP contribution in [0.5, 0.6) is 11.8 Å². The van der Waals surface area contributed by atoms with Crippen molar-refractivity contribution in [3.63, 3.8) is 0 Å². The van der Waals surface area contributed by atoms with E-state index in [2.05, 4.69) is 10.1 Å². The van der Waals surface area contributed by atoms with Crippen LogP contribution in [0.15, 0.2) is 34.7 Å². The molecule has 0 fully saturated rings. The smallest absolute Gasteiger partial charge is 0.344 e. The van der Waals surface area contributed by atoms with E-state index in [1.165, 1.54) is 9.42 Å². The van der Waals surface area contributed by atoms with Gasteiger partial charge in [0.05, 0.1) is 5.69 Å². The molecule has 0 saturated heterocycles. The van der Waals surface area contributed by atoms with E-state index in [1.54, 1.807) is 14.1 Å². The molecule has 120 valence electrons. The highest BCUT2D eigenvalue weighted by Crippen LogP contribution is 2.26. The normalized spacial score (nSPS) is 11.2. The molecule has 7 heteroatoms. The van der Waals surface area contributed by atoms with Crippen LogP contribution in [0, 0.1) is 0 Å². The number of hydrogen-bond donors (Lipinski definition) is 0. The fraction of sp³-hybridized carbons (Fsp3) is 0.312. The summed E-state index contributed by atoms with van der Waals surface area (Å²) >= 11 is 0. The standard InChI is InChI=1S/C16H18N4O3/c1-10(2)12-13(14(21)19(3)4)23-16-17-15(18-20(12)16)22-11-8-6-5-7-9-11/h5-10H,1-4H3. The molecule has 2 heterocycles. The number of hydrogen-bond acceptors (Lipinski definition) is 5. The van der Waals surface area contributed by atoms with E-state index in [-0.39, 0.29) is 29.4 Å². The van der Waals surface area contributed by atoms with Gasteiger partial charge in [0, 0.05) is 14.1 Å². The molecule has 0 aliphatic rings. The van der Waals surface area contributed by atoms with Crippen molar-refractivity contribution in [2.75, 3.05) is 14.1 Å². The molecule has 3 aromatic rings. The Hall–Kier alpha value is -2.83. The summed E-state index contributed by atoms with van der Waals surface area (Å²) in [5.41, 5.74) is 0.675. The minimum Gasteiger partial charge on any atom is -0.423 e. The third-order valence-electron chi connectivity index (χ3n) is 3.31. The number of rotatable bonds is 4. The van der Waals surface area contributed by atoms with Crippen molar-refractivity contribution in [3.05, 3.63) is 41.8 Å². The first-order valence-corrected chi connectivity index (χ1v) is 7.31. The molecule has 1 aromatic carbocycles. The van der Waals surface area contributed by atoms with Crippen LogP contribution in [0.25, 0.3) is 5.84 Å². The number of oxazole rings is 1. The summed E-state index contributed by atoms with van der Waals surface area (Å²) in [5.74, 6) is 0.959. The predicted molar refractivity (Wildman–Crippen MR) is 83.9 cm³/mol. The topological polar surface area (TPSA) is 72.9 Å². The second kappa shape index (κ2) is 5.75. The molecule has 0 spiro atoms. The first kappa shape index (κ1) is 15.1. The first-order chi connectivity index (χ1) is 11.0. The minimum atomic E-state index is -0.216. The van der Waals surface area contributed by atoms with Crippen LogP contribution in [0.2, 0.25) is 0 Å². The zero-order valence-electron chi connectivity index (χ0n) is 13.5. The van der Waals surface area contributed by atoms with E-state index in [0.29, 0.717) is 11.4 Å². The van der Waals surface area contributed by atoms with Gasteiger partial charge in [0.1, 0.15) is 5.75 Å². The van der Waals surface area contributed by atoms with E-state index in [4.69, 9.17) is 9.15 Å². The van der Waals surface area contributed by atoms with Crippen LogP contribution in [0.3, 0.4) is 0 Å². The average molecular weight is 314 g/mol. The average Bonchev–Trinajstić information content (AvgIpc) is 3.03. The maximum atomic E-state index is 12.2. The lowest BCUT2D eigenvalue weighted by molar-refractivity contribution is 0.0796. The Kier molecular flexibility index (Phi) is 3.77. The fourth-order valence-electron chi connectivity index (χ4n) is 2.24. The van der Waals surface area contributed by atoms with Gasteiger partial charge in [0.2, 0.25) is 5.76 Å². The molecule has 23 heavy (non-hydrogen) atoms. The van der Waals surface area contributed by atoms with E-state index in [0.717, 1.165) is 0 Å². The van der Waals surface area contributed by atoms with E-state index >= 15 is 0 Å². The summed E-state index contributed by atoms with van der Waals surface area (Å²) in [5, 5.41) is 4.31. The maximum Gasteiger partial charge on any atom is 0.344 e. The quantitative estimate of drug-likeness (QED) is 0.740. The number of ether oxygens (including phenoxy) is 1. The molecule has 0 aliphatic carbocycles. The zero-order valence-corrected chi connectivity index (χ0v) is 13.5.